The number of aromatic nitrogens is 1. The average molecular weight is 329 g/mol. The maximum Gasteiger partial charge on any atom is 0.150 e. The number of halogens is 2. The molecule has 0 aliphatic carbocycles. The molecule has 6 heteroatoms. The zero-order valence-corrected chi connectivity index (χ0v) is 14.0. The van der Waals surface area contributed by atoms with Gasteiger partial charge in [0.1, 0.15) is 10.3 Å². The Morgan fingerprint density at radius 2 is 2.05 bits per heavy atom. The molecule has 2 atom stereocenters. The third kappa shape index (κ3) is 3.66. The van der Waals surface area contributed by atoms with Gasteiger partial charge in [0.05, 0.1) is 6.04 Å². The van der Waals surface area contributed by atoms with Gasteiger partial charge in [-0.2, -0.15) is 0 Å². The van der Waals surface area contributed by atoms with Gasteiger partial charge in [-0.05, 0) is 51.5 Å². The van der Waals surface area contributed by atoms with Crippen molar-refractivity contribution in [3.63, 3.8) is 0 Å². The summed E-state index contributed by atoms with van der Waals surface area (Å²) in [4.78, 5) is 4.06. The van der Waals surface area contributed by atoms with Gasteiger partial charge in [-0.15, -0.1) is 4.72 Å². The van der Waals surface area contributed by atoms with E-state index in [1.54, 1.807) is 18.3 Å². The lowest BCUT2D eigenvalue weighted by atomic mass is 10.0. The monoisotopic (exact) mass is 328 g/mol. The van der Waals surface area contributed by atoms with E-state index in [4.69, 9.17) is 11.6 Å². The van der Waals surface area contributed by atoms with Crippen LogP contribution in [-0.2, 0) is 11.4 Å². The minimum atomic E-state index is -1.22. The predicted octanol–water partition coefficient (Wildman–Crippen LogP) is 4.14. The summed E-state index contributed by atoms with van der Waals surface area (Å²) in [5, 5.41) is 0.951. The van der Waals surface area contributed by atoms with Gasteiger partial charge in [-0.25, -0.2) is 4.39 Å². The summed E-state index contributed by atoms with van der Waals surface area (Å²) in [5.41, 5.74) is 1.09. The molecule has 2 aromatic rings. The van der Waals surface area contributed by atoms with E-state index in [9.17, 15) is 8.94 Å². The largest absolute Gasteiger partial charge is 0.598 e. The van der Waals surface area contributed by atoms with E-state index in [-0.39, 0.29) is 16.3 Å². The fourth-order valence-corrected chi connectivity index (χ4v) is 2.98. The second kappa shape index (κ2) is 6.08. The Balaban J connectivity index is 2.42. The summed E-state index contributed by atoms with van der Waals surface area (Å²) in [6.45, 7) is 7.56. The zero-order chi connectivity index (χ0) is 15.8. The molecule has 0 bridgehead atoms. The summed E-state index contributed by atoms with van der Waals surface area (Å²) in [5.74, 6) is -0.455. The normalized spacial score (nSPS) is 15.2. The van der Waals surface area contributed by atoms with E-state index in [2.05, 4.69) is 9.71 Å². The summed E-state index contributed by atoms with van der Waals surface area (Å²) in [7, 11) is 0. The number of fused-ring (bicyclic) bond motifs is 1. The highest BCUT2D eigenvalue weighted by molar-refractivity contribution is 7.90. The van der Waals surface area contributed by atoms with Crippen molar-refractivity contribution in [2.45, 2.75) is 38.5 Å². The Bertz CT molecular complexity index is 660. The van der Waals surface area contributed by atoms with Crippen LogP contribution in [0, 0.1) is 5.82 Å². The standard InChI is InChI=1S/C15H18ClFN2OS/c1-9(19-21(20)15(2,3)4)11-5-6-18-14-12(11)7-10(16)8-13(14)17/h5-9,19H,1-4H3. The molecular weight excluding hydrogens is 311 g/mol. The molecule has 1 N–H and O–H groups in total. The summed E-state index contributed by atoms with van der Waals surface area (Å²) < 4.78 is 28.8. The summed E-state index contributed by atoms with van der Waals surface area (Å²) in [6.07, 6.45) is 1.55. The van der Waals surface area contributed by atoms with Gasteiger partial charge in [0, 0.05) is 28.0 Å². The van der Waals surface area contributed by atoms with E-state index < -0.39 is 17.2 Å². The summed E-state index contributed by atoms with van der Waals surface area (Å²) in [6, 6.07) is 4.50. The number of pyridine rings is 1. The third-order valence-corrected chi connectivity index (χ3v) is 5.00. The van der Waals surface area contributed by atoms with Crippen molar-refractivity contribution in [1.29, 1.82) is 0 Å². The number of hydrogen-bond acceptors (Lipinski definition) is 3. The highest BCUT2D eigenvalue weighted by atomic mass is 35.5. The molecule has 1 aromatic carbocycles. The van der Waals surface area contributed by atoms with Crippen molar-refractivity contribution in [2.24, 2.45) is 0 Å². The van der Waals surface area contributed by atoms with Crippen LogP contribution in [0.1, 0.15) is 39.3 Å². The van der Waals surface area contributed by atoms with Crippen LogP contribution in [0.4, 0.5) is 4.39 Å². The van der Waals surface area contributed by atoms with Crippen LogP contribution in [0.15, 0.2) is 24.4 Å². The lowest BCUT2D eigenvalue weighted by Crippen LogP contribution is -2.40. The van der Waals surface area contributed by atoms with Gasteiger partial charge in [0.15, 0.2) is 5.82 Å². The van der Waals surface area contributed by atoms with Crippen LogP contribution in [0.3, 0.4) is 0 Å². The Morgan fingerprint density at radius 3 is 2.67 bits per heavy atom. The first kappa shape index (κ1) is 16.5. The van der Waals surface area contributed by atoms with Crippen LogP contribution in [0.25, 0.3) is 10.9 Å². The number of nitrogens with zero attached hydrogens (tertiary/aromatic N) is 1. The molecule has 1 heterocycles. The number of rotatable bonds is 3. The van der Waals surface area contributed by atoms with Crippen LogP contribution in [0.2, 0.25) is 5.02 Å². The first-order valence-electron chi connectivity index (χ1n) is 6.62. The molecule has 0 spiro atoms. The minimum Gasteiger partial charge on any atom is -0.598 e. The molecule has 0 aliphatic rings. The first-order chi connectivity index (χ1) is 9.70. The fraction of sp³-hybridized carbons (Fsp3) is 0.400. The van der Waals surface area contributed by atoms with Crippen LogP contribution >= 0.6 is 11.6 Å². The number of benzene rings is 1. The Labute approximate surface area is 132 Å². The molecule has 0 aliphatic heterocycles. The molecule has 0 saturated carbocycles. The number of nitrogens with one attached hydrogen (secondary N) is 1. The van der Waals surface area contributed by atoms with E-state index in [0.717, 1.165) is 5.56 Å². The van der Waals surface area contributed by atoms with Crippen molar-refractivity contribution in [2.75, 3.05) is 0 Å². The maximum atomic E-state index is 13.9. The fourth-order valence-electron chi connectivity index (χ4n) is 1.98. The molecule has 114 valence electrons. The van der Waals surface area contributed by atoms with Crippen LogP contribution < -0.4 is 4.72 Å². The highest BCUT2D eigenvalue weighted by Crippen LogP contribution is 2.29. The highest BCUT2D eigenvalue weighted by Gasteiger charge is 2.28. The van der Waals surface area contributed by atoms with E-state index in [1.807, 2.05) is 27.7 Å². The molecule has 1 aromatic heterocycles. The van der Waals surface area contributed by atoms with Crippen molar-refractivity contribution in [3.05, 3.63) is 40.8 Å². The molecule has 21 heavy (non-hydrogen) atoms. The van der Waals surface area contributed by atoms with Crippen LogP contribution in [0.5, 0.6) is 0 Å². The topological polar surface area (TPSA) is 48.0 Å². The quantitative estimate of drug-likeness (QED) is 0.861. The van der Waals surface area contributed by atoms with E-state index >= 15 is 0 Å². The number of hydrogen-bond donors (Lipinski definition) is 1. The molecule has 0 amide bonds. The van der Waals surface area contributed by atoms with Crippen molar-refractivity contribution in [3.8, 4) is 0 Å². The Kier molecular flexibility index (Phi) is 4.78. The molecule has 2 unspecified atom stereocenters. The van der Waals surface area contributed by atoms with Crippen LogP contribution in [-0.4, -0.2) is 14.3 Å². The van der Waals surface area contributed by atoms with Crippen molar-refractivity contribution in [1.82, 2.24) is 9.71 Å². The molecular formula is C15H18ClFN2OS. The van der Waals surface area contributed by atoms with Gasteiger partial charge >= 0.3 is 0 Å². The second-order valence-electron chi connectivity index (χ2n) is 5.90. The predicted molar refractivity (Wildman–Crippen MR) is 86.2 cm³/mol. The molecule has 3 nitrogen and oxygen atoms in total. The minimum absolute atomic E-state index is 0.214. The second-order valence-corrected chi connectivity index (χ2v) is 8.34. The van der Waals surface area contributed by atoms with Crippen molar-refractivity contribution < 1.29 is 8.94 Å². The SMILES string of the molecule is CC(N[S+]([O-])C(C)(C)C)c1ccnc2c(F)cc(Cl)cc12. The summed E-state index contributed by atoms with van der Waals surface area (Å²) >= 11 is 4.71. The molecule has 0 radical (unpaired) electrons. The molecule has 0 saturated heterocycles. The third-order valence-electron chi connectivity index (χ3n) is 3.10. The Hall–Kier alpha value is -0.880. The van der Waals surface area contributed by atoms with Crippen molar-refractivity contribution >= 4 is 33.9 Å². The van der Waals surface area contributed by atoms with E-state index in [1.165, 1.54) is 6.07 Å². The first-order valence-corrected chi connectivity index (χ1v) is 8.14. The Morgan fingerprint density at radius 1 is 1.38 bits per heavy atom. The van der Waals surface area contributed by atoms with Gasteiger partial charge in [-0.1, -0.05) is 11.6 Å². The van der Waals surface area contributed by atoms with Gasteiger partial charge in [-0.3, -0.25) is 4.98 Å². The maximum absolute atomic E-state index is 13.9. The average Bonchev–Trinajstić information content (AvgIpc) is 2.36. The lowest BCUT2D eigenvalue weighted by molar-refractivity contribution is 0.532. The van der Waals surface area contributed by atoms with Gasteiger partial charge < -0.3 is 4.55 Å². The van der Waals surface area contributed by atoms with Gasteiger partial charge in [0.25, 0.3) is 0 Å². The molecule has 2 rings (SSSR count). The lowest BCUT2D eigenvalue weighted by Gasteiger charge is -2.27. The van der Waals surface area contributed by atoms with E-state index in [0.29, 0.717) is 10.4 Å². The zero-order valence-electron chi connectivity index (χ0n) is 12.4. The van der Waals surface area contributed by atoms with Gasteiger partial charge in [0.2, 0.25) is 0 Å². The molecule has 0 fully saturated rings. The smallest absolute Gasteiger partial charge is 0.150 e.